The number of nitrogens with zero attached hydrogens (tertiary/aromatic N) is 3. The number of carbonyl (C=O) groups excluding carboxylic acids is 1. The second-order valence-electron chi connectivity index (χ2n) is 6.48. The molecule has 4 rings (SSSR count). The number of anilines is 1. The minimum absolute atomic E-state index is 0.0378. The van der Waals surface area contributed by atoms with E-state index in [1.165, 1.54) is 0 Å². The highest BCUT2D eigenvalue weighted by Crippen LogP contribution is 2.33. The first-order chi connectivity index (χ1) is 12.2. The molecule has 1 amide bonds. The number of hydrogen-bond acceptors (Lipinski definition) is 6. The summed E-state index contributed by atoms with van der Waals surface area (Å²) < 4.78 is 11.0. The van der Waals surface area contributed by atoms with E-state index in [9.17, 15) is 4.79 Å². The van der Waals surface area contributed by atoms with Crippen LogP contribution in [-0.2, 0) is 4.74 Å². The lowest BCUT2D eigenvalue weighted by Crippen LogP contribution is -2.38. The lowest BCUT2D eigenvalue weighted by Gasteiger charge is -2.27. The van der Waals surface area contributed by atoms with Gasteiger partial charge in [-0.15, -0.1) is 0 Å². The highest BCUT2D eigenvalue weighted by atomic mass is 16.5. The van der Waals surface area contributed by atoms with Crippen LogP contribution in [0.5, 0.6) is 0 Å². The predicted molar refractivity (Wildman–Crippen MR) is 93.5 cm³/mol. The minimum Gasteiger partial charge on any atom is -0.378 e. The summed E-state index contributed by atoms with van der Waals surface area (Å²) in [5.41, 5.74) is 7.36. The van der Waals surface area contributed by atoms with Gasteiger partial charge in [0.25, 0.3) is 5.91 Å². The molecular formula is C18H22N4O3. The zero-order valence-electron chi connectivity index (χ0n) is 14.1. The Hall–Kier alpha value is -2.38. The van der Waals surface area contributed by atoms with Crippen molar-refractivity contribution in [1.82, 2.24) is 10.1 Å². The fraction of sp³-hybridized carbons (Fsp3) is 0.444. The molecule has 2 aliphatic heterocycles. The van der Waals surface area contributed by atoms with Crippen LogP contribution in [0.25, 0.3) is 11.3 Å². The summed E-state index contributed by atoms with van der Waals surface area (Å²) in [5.74, 6) is 1.06. The number of amides is 1. The van der Waals surface area contributed by atoms with Gasteiger partial charge in [0.05, 0.1) is 13.2 Å². The number of hydrogen-bond donors (Lipinski definition) is 1. The van der Waals surface area contributed by atoms with Gasteiger partial charge >= 0.3 is 0 Å². The molecule has 2 aliphatic rings. The zero-order valence-corrected chi connectivity index (χ0v) is 14.1. The van der Waals surface area contributed by atoms with E-state index in [1.54, 1.807) is 4.90 Å². The molecule has 1 aromatic carbocycles. The molecule has 0 bridgehead atoms. The predicted octanol–water partition coefficient (Wildman–Crippen LogP) is 1.35. The van der Waals surface area contributed by atoms with Crippen molar-refractivity contribution >= 4 is 11.7 Å². The van der Waals surface area contributed by atoms with Gasteiger partial charge in [-0.1, -0.05) is 35.5 Å². The number of ether oxygens (including phenoxy) is 1. The highest BCUT2D eigenvalue weighted by molar-refractivity contribution is 6.04. The fourth-order valence-electron chi connectivity index (χ4n) is 3.38. The molecule has 2 N–H and O–H groups in total. The van der Waals surface area contributed by atoms with Crippen molar-refractivity contribution in [3.8, 4) is 11.3 Å². The molecule has 1 atom stereocenters. The lowest BCUT2D eigenvalue weighted by molar-refractivity contribution is 0.0790. The molecule has 7 heteroatoms. The molecule has 3 heterocycles. The highest BCUT2D eigenvalue weighted by Gasteiger charge is 2.33. The smallest absolute Gasteiger partial charge is 0.261 e. The van der Waals surface area contributed by atoms with Gasteiger partial charge in [0.1, 0.15) is 5.56 Å². The number of benzene rings is 1. The number of likely N-dealkylation sites (tertiary alicyclic amines) is 1. The monoisotopic (exact) mass is 342 g/mol. The van der Waals surface area contributed by atoms with Gasteiger partial charge in [-0.2, -0.15) is 0 Å². The summed E-state index contributed by atoms with van der Waals surface area (Å²) in [7, 11) is 0. The van der Waals surface area contributed by atoms with Crippen molar-refractivity contribution in [1.29, 1.82) is 0 Å². The molecule has 1 aromatic heterocycles. The van der Waals surface area contributed by atoms with Crippen LogP contribution in [-0.4, -0.2) is 61.4 Å². The van der Waals surface area contributed by atoms with Crippen LogP contribution in [0, 0.1) is 0 Å². The van der Waals surface area contributed by atoms with Crippen LogP contribution in [0.15, 0.2) is 34.9 Å². The van der Waals surface area contributed by atoms with Gasteiger partial charge in [-0.25, -0.2) is 0 Å². The Morgan fingerprint density at radius 1 is 1.16 bits per heavy atom. The maximum absolute atomic E-state index is 13.2. The first kappa shape index (κ1) is 16.1. The van der Waals surface area contributed by atoms with Gasteiger partial charge in [-0.3, -0.25) is 4.79 Å². The van der Waals surface area contributed by atoms with E-state index in [4.69, 9.17) is 15.0 Å². The standard InChI is InChI=1S/C18H22N4O3/c19-14-6-7-22(12-14)18(23)15-16(13-4-2-1-3-5-13)25-20-17(15)21-8-10-24-11-9-21/h1-5,14H,6-12,19H2. The molecule has 2 fully saturated rings. The van der Waals surface area contributed by atoms with Gasteiger partial charge in [-0.05, 0) is 6.42 Å². The number of rotatable bonds is 3. The number of nitrogens with two attached hydrogens (primary N) is 1. The first-order valence-corrected chi connectivity index (χ1v) is 8.66. The minimum atomic E-state index is -0.0606. The summed E-state index contributed by atoms with van der Waals surface area (Å²) in [6, 6.07) is 9.67. The normalized spacial score (nSPS) is 20.9. The largest absolute Gasteiger partial charge is 0.378 e. The Bertz CT molecular complexity index is 740. The van der Waals surface area contributed by atoms with Crippen molar-refractivity contribution in [2.45, 2.75) is 12.5 Å². The maximum Gasteiger partial charge on any atom is 0.261 e. The summed E-state index contributed by atoms with van der Waals surface area (Å²) >= 11 is 0. The molecule has 7 nitrogen and oxygen atoms in total. The quantitative estimate of drug-likeness (QED) is 0.906. The molecule has 0 spiro atoms. The third-order valence-corrected chi connectivity index (χ3v) is 4.75. The number of morpholine rings is 1. The molecule has 25 heavy (non-hydrogen) atoms. The first-order valence-electron chi connectivity index (χ1n) is 8.66. The summed E-state index contributed by atoms with van der Waals surface area (Å²) in [6.45, 7) is 3.87. The Labute approximate surface area is 146 Å². The van der Waals surface area contributed by atoms with Crippen LogP contribution >= 0.6 is 0 Å². The fourth-order valence-corrected chi connectivity index (χ4v) is 3.38. The van der Waals surface area contributed by atoms with E-state index in [0.29, 0.717) is 56.5 Å². The molecule has 1 unspecified atom stereocenters. The van der Waals surface area contributed by atoms with Crippen LogP contribution < -0.4 is 10.6 Å². The Kier molecular flexibility index (Phi) is 4.42. The topological polar surface area (TPSA) is 84.8 Å². The van der Waals surface area contributed by atoms with Crippen LogP contribution in [0.4, 0.5) is 5.82 Å². The molecular weight excluding hydrogens is 320 g/mol. The van der Waals surface area contributed by atoms with E-state index < -0.39 is 0 Å². The second-order valence-corrected chi connectivity index (χ2v) is 6.48. The average molecular weight is 342 g/mol. The Balaban J connectivity index is 1.74. The summed E-state index contributed by atoms with van der Waals surface area (Å²) in [6.07, 6.45) is 0.824. The van der Waals surface area contributed by atoms with Gasteiger partial charge in [0, 0.05) is 37.8 Å². The molecule has 0 saturated carbocycles. The third kappa shape index (κ3) is 3.12. The van der Waals surface area contributed by atoms with Gasteiger partial charge < -0.3 is 24.8 Å². The van der Waals surface area contributed by atoms with Gasteiger partial charge in [0.15, 0.2) is 11.6 Å². The lowest BCUT2D eigenvalue weighted by atomic mass is 10.1. The summed E-state index contributed by atoms with van der Waals surface area (Å²) in [4.78, 5) is 17.1. The van der Waals surface area contributed by atoms with Gasteiger partial charge in [0.2, 0.25) is 0 Å². The third-order valence-electron chi connectivity index (χ3n) is 4.75. The Morgan fingerprint density at radius 3 is 2.60 bits per heavy atom. The molecule has 132 valence electrons. The second kappa shape index (κ2) is 6.85. The Morgan fingerprint density at radius 2 is 1.92 bits per heavy atom. The van der Waals surface area contributed by atoms with E-state index in [-0.39, 0.29) is 11.9 Å². The SMILES string of the molecule is NC1CCN(C(=O)c2c(N3CCOCC3)noc2-c2ccccc2)C1. The summed E-state index contributed by atoms with van der Waals surface area (Å²) in [5, 5.41) is 4.24. The van der Waals surface area contributed by atoms with Crippen molar-refractivity contribution in [3.05, 3.63) is 35.9 Å². The van der Waals surface area contributed by atoms with Crippen molar-refractivity contribution in [2.24, 2.45) is 5.73 Å². The van der Waals surface area contributed by atoms with E-state index in [2.05, 4.69) is 10.1 Å². The zero-order chi connectivity index (χ0) is 17.2. The van der Waals surface area contributed by atoms with Crippen LogP contribution in [0.3, 0.4) is 0 Å². The molecule has 0 radical (unpaired) electrons. The van der Waals surface area contributed by atoms with E-state index >= 15 is 0 Å². The number of carbonyl (C=O) groups is 1. The molecule has 2 aromatic rings. The van der Waals surface area contributed by atoms with Crippen molar-refractivity contribution in [2.75, 3.05) is 44.3 Å². The molecule has 2 saturated heterocycles. The van der Waals surface area contributed by atoms with E-state index in [0.717, 1.165) is 12.0 Å². The number of aromatic nitrogens is 1. The van der Waals surface area contributed by atoms with E-state index in [1.807, 2.05) is 30.3 Å². The average Bonchev–Trinajstić information content (AvgIpc) is 3.29. The van der Waals surface area contributed by atoms with Crippen LogP contribution in [0.1, 0.15) is 16.8 Å². The molecule has 0 aliphatic carbocycles. The van der Waals surface area contributed by atoms with Crippen LogP contribution in [0.2, 0.25) is 0 Å². The van der Waals surface area contributed by atoms with Crippen molar-refractivity contribution in [3.63, 3.8) is 0 Å². The van der Waals surface area contributed by atoms with Crippen molar-refractivity contribution < 1.29 is 14.1 Å². The maximum atomic E-state index is 13.2.